The molecule has 1 amide bonds. The zero-order valence-electron chi connectivity index (χ0n) is 28.6. The van der Waals surface area contributed by atoms with Crippen LogP contribution in [0.1, 0.15) is 118 Å². The zero-order chi connectivity index (χ0) is 33.0. The number of hydrogen-bond acceptors (Lipinski definition) is 7. The average molecular weight is 642 g/mol. The largest absolute Gasteiger partial charge is 0.481 e. The van der Waals surface area contributed by atoms with Crippen molar-refractivity contribution >= 4 is 24.8 Å². The van der Waals surface area contributed by atoms with Crippen LogP contribution >= 0.6 is 0 Å². The number of nitro groups is 1. The summed E-state index contributed by atoms with van der Waals surface area (Å²) in [5, 5.41) is 13.2. The van der Waals surface area contributed by atoms with E-state index in [4.69, 9.17) is 15.0 Å². The Morgan fingerprint density at radius 1 is 1.07 bits per heavy atom. The molecule has 4 N–H and O–H groups in total. The molecule has 1 aliphatic heterocycles. The Kier molecular flexibility index (Phi) is 9.28. The number of ketones is 1. The fraction of sp³-hybridized carbons (Fsp3) is 0.912. The van der Waals surface area contributed by atoms with Crippen LogP contribution in [-0.2, 0) is 18.9 Å². The molecule has 0 aromatic heterocycles. The molecule has 6 atom stereocenters. The minimum Gasteiger partial charge on any atom is -0.404 e. The van der Waals surface area contributed by atoms with Gasteiger partial charge >= 0.3 is 7.12 Å². The first-order valence-electron chi connectivity index (χ1n) is 18.0. The standard InChI is InChI=1S/C34H56BN5O6/c1-20(2)9-29(35-45-28-15-25-14-27(32(25,3)4)33(28,5)46-35)38-30(42)24(7-6-8-37-31(36)39-40(43)44)13-26(41)19-34-16-21-10-22(17-34)12-23(11-21)18-34/h20-25,27-29H,6-19H2,1-5H3,(H,38,42)(H3,36,37,39)/t21?,22?,23?,24-,25+,27+,28-,29+,33+,34?/m1/s1. The second-order valence-electron chi connectivity index (χ2n) is 17.4. The summed E-state index contributed by atoms with van der Waals surface area (Å²) in [4.78, 5) is 42.6. The minimum absolute atomic E-state index is 0.0228. The topological polar surface area (TPSA) is 158 Å². The van der Waals surface area contributed by atoms with Gasteiger partial charge < -0.3 is 20.4 Å². The smallest absolute Gasteiger partial charge is 0.404 e. The number of guanidine groups is 1. The van der Waals surface area contributed by atoms with Crippen molar-refractivity contribution in [2.75, 3.05) is 6.54 Å². The van der Waals surface area contributed by atoms with Crippen LogP contribution in [0.2, 0.25) is 0 Å². The molecule has 0 radical (unpaired) electrons. The van der Waals surface area contributed by atoms with E-state index in [1.165, 1.54) is 19.3 Å². The molecule has 7 aliphatic carbocycles. The van der Waals surface area contributed by atoms with Crippen molar-refractivity contribution in [3.8, 4) is 0 Å². The van der Waals surface area contributed by atoms with Crippen molar-refractivity contribution in [3.05, 3.63) is 10.1 Å². The number of carbonyl (C=O) groups excluding carboxylic acids is 2. The lowest BCUT2D eigenvalue weighted by atomic mass is 9.43. The second-order valence-corrected chi connectivity index (χ2v) is 17.4. The highest BCUT2D eigenvalue weighted by Gasteiger charge is 2.68. The molecule has 11 nitrogen and oxygen atoms in total. The van der Waals surface area contributed by atoms with Gasteiger partial charge in [0.1, 0.15) is 5.78 Å². The van der Waals surface area contributed by atoms with Crippen molar-refractivity contribution < 1.29 is 23.9 Å². The van der Waals surface area contributed by atoms with Crippen LogP contribution in [0, 0.1) is 62.4 Å². The molecule has 1 heterocycles. The Bertz CT molecular complexity index is 1190. The van der Waals surface area contributed by atoms with Crippen LogP contribution in [0.5, 0.6) is 0 Å². The van der Waals surface area contributed by atoms with Gasteiger partial charge in [0.2, 0.25) is 5.91 Å². The number of nitrogens with two attached hydrogens (primary N) is 1. The molecule has 0 spiro atoms. The summed E-state index contributed by atoms with van der Waals surface area (Å²) in [6, 6.07) is 0. The number of rotatable bonds is 14. The van der Waals surface area contributed by atoms with Gasteiger partial charge in [0.05, 0.1) is 17.6 Å². The maximum Gasteiger partial charge on any atom is 0.481 e. The van der Waals surface area contributed by atoms with Crippen LogP contribution in [0.3, 0.4) is 0 Å². The van der Waals surface area contributed by atoms with E-state index in [0.29, 0.717) is 43.4 Å². The Balaban J connectivity index is 1.13. The fourth-order valence-corrected chi connectivity index (χ4v) is 11.4. The van der Waals surface area contributed by atoms with Crippen molar-refractivity contribution in [2.45, 2.75) is 136 Å². The molecule has 0 aromatic carbocycles. The number of hydrazine groups is 1. The van der Waals surface area contributed by atoms with Gasteiger partial charge in [0.25, 0.3) is 5.96 Å². The average Bonchev–Trinajstić information content (AvgIpc) is 3.29. The number of aliphatic imine (C=N–C) groups is 1. The van der Waals surface area contributed by atoms with Crippen LogP contribution in [-0.4, -0.2) is 54.0 Å². The third kappa shape index (κ3) is 6.71. The highest BCUT2D eigenvalue weighted by molar-refractivity contribution is 6.47. The quantitative estimate of drug-likeness (QED) is 0.0607. The van der Waals surface area contributed by atoms with E-state index in [1.54, 1.807) is 0 Å². The maximum atomic E-state index is 14.1. The van der Waals surface area contributed by atoms with Crippen molar-refractivity contribution in [3.63, 3.8) is 0 Å². The lowest BCUT2D eigenvalue weighted by Gasteiger charge is -2.64. The first-order chi connectivity index (χ1) is 21.7. The van der Waals surface area contributed by atoms with E-state index in [-0.39, 0.29) is 59.1 Å². The number of amides is 1. The number of hydrogen-bond donors (Lipinski definition) is 3. The van der Waals surface area contributed by atoms with Crippen molar-refractivity contribution in [1.82, 2.24) is 10.7 Å². The first kappa shape index (κ1) is 33.7. The Hall–Kier alpha value is -2.21. The van der Waals surface area contributed by atoms with Gasteiger partial charge in [-0.2, -0.15) is 0 Å². The van der Waals surface area contributed by atoms with Gasteiger partial charge in [0, 0.05) is 25.3 Å². The SMILES string of the molecule is CC(C)C[C@H](NC(=O)[C@H](CCCN=C(N)N[N+](=O)[O-])CC(=O)CC12CC3CC(CC(C3)C1)C2)B1O[C@@H]2C[C@@H]3C[C@@H](C3(C)C)[C@]2(C)O1. The summed E-state index contributed by atoms with van der Waals surface area (Å²) >= 11 is 0. The summed E-state index contributed by atoms with van der Waals surface area (Å²) < 4.78 is 13.4. The normalized spacial score (nSPS) is 38.2. The van der Waals surface area contributed by atoms with E-state index < -0.39 is 18.1 Å². The monoisotopic (exact) mass is 641 g/mol. The summed E-state index contributed by atoms with van der Waals surface area (Å²) in [7, 11) is -0.530. The summed E-state index contributed by atoms with van der Waals surface area (Å²) in [5.74, 6) is 2.56. The van der Waals surface area contributed by atoms with Gasteiger partial charge in [-0.15, -0.1) is 0 Å². The lowest BCUT2D eigenvalue weighted by Crippen LogP contribution is -2.65. The van der Waals surface area contributed by atoms with Gasteiger partial charge in [-0.05, 0) is 124 Å². The molecular weight excluding hydrogens is 585 g/mol. The Morgan fingerprint density at radius 3 is 2.30 bits per heavy atom. The second kappa shape index (κ2) is 12.7. The summed E-state index contributed by atoms with van der Waals surface area (Å²) in [5.41, 5.74) is 7.44. The third-order valence-corrected chi connectivity index (χ3v) is 13.1. The summed E-state index contributed by atoms with van der Waals surface area (Å²) in [6.45, 7) is 11.4. The highest BCUT2D eigenvalue weighted by atomic mass is 16.7. The molecule has 256 valence electrons. The third-order valence-electron chi connectivity index (χ3n) is 13.1. The number of nitrogens with one attached hydrogen (secondary N) is 2. The van der Waals surface area contributed by atoms with Crippen molar-refractivity contribution in [1.29, 1.82) is 0 Å². The van der Waals surface area contributed by atoms with Gasteiger partial charge in [-0.3, -0.25) is 9.59 Å². The van der Waals surface area contributed by atoms with Crippen LogP contribution in [0.15, 0.2) is 4.99 Å². The first-order valence-corrected chi connectivity index (χ1v) is 18.0. The number of nitrogens with zero attached hydrogens (tertiary/aromatic N) is 2. The van der Waals surface area contributed by atoms with E-state index in [9.17, 15) is 19.7 Å². The van der Waals surface area contributed by atoms with E-state index in [2.05, 4.69) is 44.9 Å². The molecule has 0 aromatic rings. The molecule has 8 rings (SSSR count). The van der Waals surface area contributed by atoms with Crippen molar-refractivity contribution in [2.24, 2.45) is 63.0 Å². The van der Waals surface area contributed by atoms with Gasteiger partial charge in [-0.1, -0.05) is 33.1 Å². The predicted molar refractivity (Wildman–Crippen MR) is 176 cm³/mol. The minimum atomic E-state index is -0.749. The molecular formula is C34H56BN5O6. The fourth-order valence-electron chi connectivity index (χ4n) is 11.4. The van der Waals surface area contributed by atoms with Crippen LogP contribution < -0.4 is 16.5 Å². The zero-order valence-corrected chi connectivity index (χ0v) is 28.6. The van der Waals surface area contributed by atoms with Gasteiger partial charge in [-0.25, -0.2) is 15.1 Å². The molecule has 8 aliphatic rings. The van der Waals surface area contributed by atoms with E-state index >= 15 is 0 Å². The number of carbonyl (C=O) groups is 2. The molecule has 12 heteroatoms. The molecule has 0 unspecified atom stereocenters. The molecule has 6 bridgehead atoms. The Morgan fingerprint density at radius 2 is 1.72 bits per heavy atom. The molecule has 8 fully saturated rings. The summed E-state index contributed by atoms with van der Waals surface area (Å²) in [6.07, 6.45) is 12.0. The number of Topliss-reactive ketones (excluding diaryl/α,β-unsaturated/α-hetero) is 1. The van der Waals surface area contributed by atoms with Crippen LogP contribution in [0.4, 0.5) is 0 Å². The molecule has 46 heavy (non-hydrogen) atoms. The molecule has 7 saturated carbocycles. The van der Waals surface area contributed by atoms with E-state index in [0.717, 1.165) is 49.9 Å². The Labute approximate surface area is 274 Å². The maximum absolute atomic E-state index is 14.1. The van der Waals surface area contributed by atoms with Crippen LogP contribution in [0.25, 0.3) is 0 Å². The highest BCUT2D eigenvalue weighted by Crippen LogP contribution is 2.66. The van der Waals surface area contributed by atoms with Gasteiger partial charge in [0.15, 0.2) is 5.03 Å². The lowest BCUT2D eigenvalue weighted by molar-refractivity contribution is -0.525. The predicted octanol–water partition coefficient (Wildman–Crippen LogP) is 4.84. The molecule has 1 saturated heterocycles. The van der Waals surface area contributed by atoms with E-state index in [1.807, 2.05) is 5.43 Å².